The van der Waals surface area contributed by atoms with E-state index in [-0.39, 0.29) is 0 Å². The molecule has 0 aliphatic rings. The maximum absolute atomic E-state index is 6.22. The van der Waals surface area contributed by atoms with Gasteiger partial charge in [0.25, 0.3) is 0 Å². The highest BCUT2D eigenvalue weighted by molar-refractivity contribution is 5.94. The summed E-state index contributed by atoms with van der Waals surface area (Å²) in [7, 11) is 1.66. The Balaban J connectivity index is 1.71. The van der Waals surface area contributed by atoms with Gasteiger partial charge < -0.3 is 18.9 Å². The molecule has 0 heterocycles. The third-order valence-electron chi connectivity index (χ3n) is 4.86. The first-order valence-corrected chi connectivity index (χ1v) is 10.1. The summed E-state index contributed by atoms with van der Waals surface area (Å²) in [6.45, 7) is 7.57. The fourth-order valence-electron chi connectivity index (χ4n) is 3.37. The first-order chi connectivity index (χ1) is 14.2. The second-order valence-corrected chi connectivity index (χ2v) is 7.03. The fraction of sp³-hybridized carbons (Fsp3) is 0.360. The van der Waals surface area contributed by atoms with E-state index in [0.717, 1.165) is 22.4 Å². The lowest BCUT2D eigenvalue weighted by molar-refractivity contribution is 0.0180. The van der Waals surface area contributed by atoms with Gasteiger partial charge in [-0.05, 0) is 41.8 Å². The summed E-state index contributed by atoms with van der Waals surface area (Å²) in [5.74, 6) is 0.924. The van der Waals surface area contributed by atoms with Crippen LogP contribution in [0.5, 0.6) is 5.75 Å². The molecule has 4 heteroatoms. The SMILES string of the molecule is COCCOCCOCCOc1c(-c2ccccc2)cc2cc(C)ccc2c1C. The van der Waals surface area contributed by atoms with Crippen molar-refractivity contribution in [1.29, 1.82) is 0 Å². The molecule has 0 unspecified atom stereocenters. The van der Waals surface area contributed by atoms with E-state index in [1.165, 1.54) is 16.3 Å². The van der Waals surface area contributed by atoms with Crippen molar-refractivity contribution in [2.24, 2.45) is 0 Å². The molecule has 0 atom stereocenters. The molecule has 154 valence electrons. The lowest BCUT2D eigenvalue weighted by Crippen LogP contribution is -2.13. The molecule has 0 amide bonds. The smallest absolute Gasteiger partial charge is 0.130 e. The van der Waals surface area contributed by atoms with Crippen molar-refractivity contribution in [3.8, 4) is 16.9 Å². The van der Waals surface area contributed by atoms with Gasteiger partial charge in [0, 0.05) is 12.7 Å². The molecule has 0 aliphatic heterocycles. The van der Waals surface area contributed by atoms with E-state index in [0.29, 0.717) is 39.6 Å². The molecule has 29 heavy (non-hydrogen) atoms. The minimum Gasteiger partial charge on any atom is -0.490 e. The molecule has 0 aliphatic carbocycles. The molecule has 3 aromatic carbocycles. The van der Waals surface area contributed by atoms with Crippen LogP contribution in [0.3, 0.4) is 0 Å². The van der Waals surface area contributed by atoms with Crippen LogP contribution in [0.25, 0.3) is 21.9 Å². The Morgan fingerprint density at radius 2 is 1.41 bits per heavy atom. The van der Waals surface area contributed by atoms with Crippen LogP contribution in [0.4, 0.5) is 0 Å². The quantitative estimate of drug-likeness (QED) is 0.420. The number of ether oxygens (including phenoxy) is 4. The molecule has 0 saturated carbocycles. The molecule has 0 aromatic heterocycles. The maximum atomic E-state index is 6.22. The number of aryl methyl sites for hydroxylation is 2. The van der Waals surface area contributed by atoms with E-state index in [1.807, 2.05) is 6.07 Å². The zero-order chi connectivity index (χ0) is 20.5. The highest BCUT2D eigenvalue weighted by atomic mass is 16.6. The van der Waals surface area contributed by atoms with Crippen molar-refractivity contribution in [2.45, 2.75) is 13.8 Å². The van der Waals surface area contributed by atoms with E-state index in [2.05, 4.69) is 62.4 Å². The lowest BCUT2D eigenvalue weighted by Gasteiger charge is -2.17. The molecular weight excluding hydrogens is 364 g/mol. The van der Waals surface area contributed by atoms with Gasteiger partial charge in [0.2, 0.25) is 0 Å². The summed E-state index contributed by atoms with van der Waals surface area (Å²) in [5, 5.41) is 2.45. The zero-order valence-corrected chi connectivity index (χ0v) is 17.6. The average molecular weight is 395 g/mol. The van der Waals surface area contributed by atoms with Crippen molar-refractivity contribution in [3.63, 3.8) is 0 Å². The molecule has 4 nitrogen and oxygen atoms in total. The van der Waals surface area contributed by atoms with E-state index in [4.69, 9.17) is 18.9 Å². The predicted molar refractivity (Wildman–Crippen MR) is 118 cm³/mol. The summed E-state index contributed by atoms with van der Waals surface area (Å²) < 4.78 is 22.2. The first kappa shape index (κ1) is 21.3. The number of fused-ring (bicyclic) bond motifs is 1. The molecule has 3 rings (SSSR count). The Kier molecular flexibility index (Phi) is 8.05. The van der Waals surface area contributed by atoms with E-state index in [1.54, 1.807) is 7.11 Å². The first-order valence-electron chi connectivity index (χ1n) is 10.1. The summed E-state index contributed by atoms with van der Waals surface area (Å²) >= 11 is 0. The lowest BCUT2D eigenvalue weighted by atomic mass is 9.95. The third kappa shape index (κ3) is 5.80. The van der Waals surface area contributed by atoms with Crippen LogP contribution in [0.15, 0.2) is 54.6 Å². The van der Waals surface area contributed by atoms with Crippen LogP contribution in [0.1, 0.15) is 11.1 Å². The standard InChI is InChI=1S/C25H30O4/c1-19-9-10-23-20(2)25(29-16-15-28-14-13-27-12-11-26-3)24(18-22(23)17-19)21-7-5-4-6-8-21/h4-10,17-18H,11-16H2,1-3H3. The number of hydrogen-bond donors (Lipinski definition) is 0. The van der Waals surface area contributed by atoms with Gasteiger partial charge in [-0.3, -0.25) is 0 Å². The molecule has 0 fully saturated rings. The molecule has 0 saturated heterocycles. The van der Waals surface area contributed by atoms with Crippen LogP contribution in [-0.4, -0.2) is 46.8 Å². The van der Waals surface area contributed by atoms with Gasteiger partial charge in [0.05, 0.1) is 33.0 Å². The summed E-state index contributed by atoms with van der Waals surface area (Å²) in [6, 6.07) is 19.2. The normalized spacial score (nSPS) is 11.1. The van der Waals surface area contributed by atoms with Gasteiger partial charge in [-0.1, -0.05) is 54.1 Å². The van der Waals surface area contributed by atoms with Gasteiger partial charge in [0.1, 0.15) is 12.4 Å². The Hall–Kier alpha value is -2.40. The molecule has 0 spiro atoms. The van der Waals surface area contributed by atoms with Gasteiger partial charge in [0.15, 0.2) is 0 Å². The summed E-state index contributed by atoms with van der Waals surface area (Å²) in [4.78, 5) is 0. The van der Waals surface area contributed by atoms with Gasteiger partial charge in [-0.2, -0.15) is 0 Å². The van der Waals surface area contributed by atoms with Crippen LogP contribution in [0, 0.1) is 13.8 Å². The van der Waals surface area contributed by atoms with Crippen LogP contribution < -0.4 is 4.74 Å². The Morgan fingerprint density at radius 1 is 0.724 bits per heavy atom. The topological polar surface area (TPSA) is 36.9 Å². The molecule has 0 N–H and O–H groups in total. The Morgan fingerprint density at radius 3 is 2.14 bits per heavy atom. The molecule has 0 bridgehead atoms. The maximum Gasteiger partial charge on any atom is 0.130 e. The minimum atomic E-state index is 0.496. The zero-order valence-electron chi connectivity index (χ0n) is 17.6. The fourth-order valence-corrected chi connectivity index (χ4v) is 3.37. The van der Waals surface area contributed by atoms with Gasteiger partial charge in [-0.25, -0.2) is 0 Å². The van der Waals surface area contributed by atoms with E-state index < -0.39 is 0 Å². The Bertz CT molecular complexity index is 906. The summed E-state index contributed by atoms with van der Waals surface area (Å²) in [5.41, 5.74) is 4.68. The minimum absolute atomic E-state index is 0.496. The van der Waals surface area contributed by atoms with Crippen molar-refractivity contribution < 1.29 is 18.9 Å². The average Bonchev–Trinajstić information content (AvgIpc) is 2.74. The predicted octanol–water partition coefficient (Wildman–Crippen LogP) is 5.18. The van der Waals surface area contributed by atoms with Crippen LogP contribution >= 0.6 is 0 Å². The summed E-state index contributed by atoms with van der Waals surface area (Å²) in [6.07, 6.45) is 0. The van der Waals surface area contributed by atoms with E-state index >= 15 is 0 Å². The molecule has 3 aromatic rings. The molecule has 0 radical (unpaired) electrons. The number of methoxy groups -OCH3 is 1. The van der Waals surface area contributed by atoms with Crippen molar-refractivity contribution in [2.75, 3.05) is 46.8 Å². The van der Waals surface area contributed by atoms with Gasteiger partial charge in [-0.15, -0.1) is 0 Å². The number of hydrogen-bond acceptors (Lipinski definition) is 4. The highest BCUT2D eigenvalue weighted by Crippen LogP contribution is 2.38. The largest absolute Gasteiger partial charge is 0.490 e. The number of rotatable bonds is 11. The second kappa shape index (κ2) is 11.0. The molecular formula is C25H30O4. The van der Waals surface area contributed by atoms with Crippen molar-refractivity contribution in [3.05, 3.63) is 65.7 Å². The van der Waals surface area contributed by atoms with Crippen molar-refractivity contribution in [1.82, 2.24) is 0 Å². The second-order valence-electron chi connectivity index (χ2n) is 7.03. The van der Waals surface area contributed by atoms with Gasteiger partial charge >= 0.3 is 0 Å². The highest BCUT2D eigenvalue weighted by Gasteiger charge is 2.13. The Labute approximate surface area is 173 Å². The van der Waals surface area contributed by atoms with Crippen LogP contribution in [-0.2, 0) is 14.2 Å². The van der Waals surface area contributed by atoms with Crippen LogP contribution in [0.2, 0.25) is 0 Å². The third-order valence-corrected chi connectivity index (χ3v) is 4.86. The monoisotopic (exact) mass is 394 g/mol. The number of benzene rings is 3. The van der Waals surface area contributed by atoms with E-state index in [9.17, 15) is 0 Å². The van der Waals surface area contributed by atoms with Crippen molar-refractivity contribution >= 4 is 10.8 Å².